The summed E-state index contributed by atoms with van der Waals surface area (Å²) in [6.45, 7) is 8.77. The van der Waals surface area contributed by atoms with Gasteiger partial charge in [-0.2, -0.15) is 0 Å². The standard InChI is InChI=1S/C9H18N2O/c1-8-6-10-7-9(8)11-2-4-12-5-3-11/h8-10H,2-7H2,1H3. The first-order valence-electron chi connectivity index (χ1n) is 4.90. The van der Waals surface area contributed by atoms with Gasteiger partial charge < -0.3 is 10.1 Å². The van der Waals surface area contributed by atoms with Crippen LogP contribution in [0.25, 0.3) is 0 Å². The molecule has 2 rings (SSSR count). The smallest absolute Gasteiger partial charge is 0.0594 e. The minimum atomic E-state index is 0.758. The summed E-state index contributed by atoms with van der Waals surface area (Å²) in [5.74, 6) is 0.808. The molecule has 2 aliphatic rings. The second-order valence-corrected chi connectivity index (χ2v) is 3.85. The molecule has 0 aromatic rings. The van der Waals surface area contributed by atoms with E-state index in [4.69, 9.17) is 4.74 Å². The predicted molar refractivity (Wildman–Crippen MR) is 48.2 cm³/mol. The van der Waals surface area contributed by atoms with Crippen LogP contribution in [0, 0.1) is 5.92 Å². The van der Waals surface area contributed by atoms with E-state index in [1.165, 1.54) is 13.1 Å². The van der Waals surface area contributed by atoms with Gasteiger partial charge in [-0.3, -0.25) is 4.90 Å². The Labute approximate surface area is 74.1 Å². The van der Waals surface area contributed by atoms with Crippen molar-refractivity contribution in [2.24, 2.45) is 5.92 Å². The van der Waals surface area contributed by atoms with Crippen molar-refractivity contribution in [3.63, 3.8) is 0 Å². The molecule has 0 amide bonds. The summed E-state index contributed by atoms with van der Waals surface area (Å²) in [6, 6.07) is 0.758. The van der Waals surface area contributed by atoms with Crippen molar-refractivity contribution in [1.29, 1.82) is 0 Å². The highest BCUT2D eigenvalue weighted by molar-refractivity contribution is 4.86. The lowest BCUT2D eigenvalue weighted by Gasteiger charge is -2.33. The van der Waals surface area contributed by atoms with E-state index in [-0.39, 0.29) is 0 Å². The average Bonchev–Trinajstić information content (AvgIpc) is 2.53. The van der Waals surface area contributed by atoms with E-state index in [1.807, 2.05) is 0 Å². The molecule has 3 nitrogen and oxygen atoms in total. The van der Waals surface area contributed by atoms with Gasteiger partial charge in [0.15, 0.2) is 0 Å². The average molecular weight is 170 g/mol. The van der Waals surface area contributed by atoms with E-state index in [1.54, 1.807) is 0 Å². The van der Waals surface area contributed by atoms with Gasteiger partial charge >= 0.3 is 0 Å². The second kappa shape index (κ2) is 3.73. The molecule has 3 heteroatoms. The summed E-state index contributed by atoms with van der Waals surface area (Å²) in [4.78, 5) is 2.56. The Morgan fingerprint density at radius 2 is 2.00 bits per heavy atom. The van der Waals surface area contributed by atoms with Crippen LogP contribution in [0.3, 0.4) is 0 Å². The highest BCUT2D eigenvalue weighted by Gasteiger charge is 2.29. The largest absolute Gasteiger partial charge is 0.379 e. The molecule has 1 N–H and O–H groups in total. The van der Waals surface area contributed by atoms with E-state index in [2.05, 4.69) is 17.1 Å². The molecule has 2 saturated heterocycles. The Balaban J connectivity index is 1.89. The van der Waals surface area contributed by atoms with E-state index >= 15 is 0 Å². The maximum Gasteiger partial charge on any atom is 0.0594 e. The van der Waals surface area contributed by atoms with Crippen molar-refractivity contribution < 1.29 is 4.74 Å². The molecule has 0 aliphatic carbocycles. The van der Waals surface area contributed by atoms with Crippen LogP contribution in [0.2, 0.25) is 0 Å². The molecule has 0 aromatic heterocycles. The zero-order chi connectivity index (χ0) is 8.39. The number of ether oxygens (including phenoxy) is 1. The molecule has 70 valence electrons. The molecular weight excluding hydrogens is 152 g/mol. The first kappa shape index (κ1) is 8.48. The SMILES string of the molecule is CC1CNCC1N1CCOCC1. The summed E-state index contributed by atoms with van der Waals surface area (Å²) in [6.07, 6.45) is 0. The van der Waals surface area contributed by atoms with Crippen LogP contribution in [0.15, 0.2) is 0 Å². The summed E-state index contributed by atoms with van der Waals surface area (Å²) < 4.78 is 5.33. The Hall–Kier alpha value is -0.120. The molecule has 12 heavy (non-hydrogen) atoms. The van der Waals surface area contributed by atoms with E-state index < -0.39 is 0 Å². The number of hydrogen-bond donors (Lipinski definition) is 1. The van der Waals surface area contributed by atoms with Crippen molar-refractivity contribution in [2.75, 3.05) is 39.4 Å². The van der Waals surface area contributed by atoms with Gasteiger partial charge in [0, 0.05) is 25.7 Å². The van der Waals surface area contributed by atoms with Crippen LogP contribution in [0.5, 0.6) is 0 Å². The zero-order valence-corrected chi connectivity index (χ0v) is 7.75. The molecule has 0 saturated carbocycles. The van der Waals surface area contributed by atoms with Gasteiger partial charge in [0.05, 0.1) is 13.2 Å². The molecule has 0 spiro atoms. The fourth-order valence-electron chi connectivity index (χ4n) is 2.19. The zero-order valence-electron chi connectivity index (χ0n) is 7.75. The van der Waals surface area contributed by atoms with Gasteiger partial charge in [0.1, 0.15) is 0 Å². The Bertz CT molecular complexity index is 145. The third-order valence-corrected chi connectivity index (χ3v) is 2.99. The topological polar surface area (TPSA) is 24.5 Å². The van der Waals surface area contributed by atoms with Crippen molar-refractivity contribution >= 4 is 0 Å². The summed E-state index contributed by atoms with van der Waals surface area (Å²) in [5.41, 5.74) is 0. The lowest BCUT2D eigenvalue weighted by molar-refractivity contribution is 0.0132. The van der Waals surface area contributed by atoms with Gasteiger partial charge in [-0.05, 0) is 12.5 Å². The van der Waals surface area contributed by atoms with Crippen LogP contribution in [-0.4, -0.2) is 50.3 Å². The first-order valence-corrected chi connectivity index (χ1v) is 4.90. The van der Waals surface area contributed by atoms with Gasteiger partial charge in [-0.25, -0.2) is 0 Å². The summed E-state index contributed by atoms with van der Waals surface area (Å²) >= 11 is 0. The molecule has 0 bridgehead atoms. The first-order chi connectivity index (χ1) is 5.88. The van der Waals surface area contributed by atoms with E-state index in [9.17, 15) is 0 Å². The maximum absolute atomic E-state index is 5.33. The van der Waals surface area contributed by atoms with Crippen molar-refractivity contribution in [2.45, 2.75) is 13.0 Å². The fraction of sp³-hybridized carbons (Fsp3) is 1.00. The Morgan fingerprint density at radius 1 is 1.25 bits per heavy atom. The van der Waals surface area contributed by atoms with Gasteiger partial charge in [0.25, 0.3) is 0 Å². The molecule has 2 heterocycles. The van der Waals surface area contributed by atoms with Crippen LogP contribution in [-0.2, 0) is 4.74 Å². The normalized spacial score (nSPS) is 38.8. The van der Waals surface area contributed by atoms with Crippen LogP contribution in [0.4, 0.5) is 0 Å². The molecule has 2 atom stereocenters. The third-order valence-electron chi connectivity index (χ3n) is 2.99. The number of morpholine rings is 1. The van der Waals surface area contributed by atoms with Gasteiger partial charge in [-0.15, -0.1) is 0 Å². The van der Waals surface area contributed by atoms with E-state index in [0.717, 1.165) is 38.3 Å². The quantitative estimate of drug-likeness (QED) is 0.596. The molecular formula is C9H18N2O. The highest BCUT2D eigenvalue weighted by Crippen LogP contribution is 2.16. The van der Waals surface area contributed by atoms with Crippen molar-refractivity contribution in [3.05, 3.63) is 0 Å². The van der Waals surface area contributed by atoms with Crippen molar-refractivity contribution in [1.82, 2.24) is 10.2 Å². The Kier molecular flexibility index (Phi) is 2.63. The minimum Gasteiger partial charge on any atom is -0.379 e. The monoisotopic (exact) mass is 170 g/mol. The predicted octanol–water partition coefficient (Wildman–Crippen LogP) is -0.0735. The van der Waals surface area contributed by atoms with Crippen molar-refractivity contribution in [3.8, 4) is 0 Å². The van der Waals surface area contributed by atoms with Crippen LogP contribution >= 0.6 is 0 Å². The number of hydrogen-bond acceptors (Lipinski definition) is 3. The molecule has 2 fully saturated rings. The molecule has 2 aliphatic heterocycles. The lowest BCUT2D eigenvalue weighted by Crippen LogP contribution is -2.46. The number of nitrogens with one attached hydrogen (secondary N) is 1. The summed E-state index contributed by atoms with van der Waals surface area (Å²) in [5, 5.41) is 3.44. The molecule has 0 aromatic carbocycles. The Morgan fingerprint density at radius 3 is 2.58 bits per heavy atom. The summed E-state index contributed by atoms with van der Waals surface area (Å²) in [7, 11) is 0. The lowest BCUT2D eigenvalue weighted by atomic mass is 10.0. The van der Waals surface area contributed by atoms with Crippen LogP contribution < -0.4 is 5.32 Å². The fourth-order valence-corrected chi connectivity index (χ4v) is 2.19. The maximum atomic E-state index is 5.33. The third kappa shape index (κ3) is 1.63. The van der Waals surface area contributed by atoms with Crippen LogP contribution in [0.1, 0.15) is 6.92 Å². The number of rotatable bonds is 1. The molecule has 0 radical (unpaired) electrons. The van der Waals surface area contributed by atoms with Gasteiger partial charge in [0.2, 0.25) is 0 Å². The second-order valence-electron chi connectivity index (χ2n) is 3.85. The van der Waals surface area contributed by atoms with E-state index in [0.29, 0.717) is 0 Å². The highest BCUT2D eigenvalue weighted by atomic mass is 16.5. The molecule has 2 unspecified atom stereocenters. The number of nitrogens with zero attached hydrogens (tertiary/aromatic N) is 1. The van der Waals surface area contributed by atoms with Gasteiger partial charge in [-0.1, -0.05) is 6.92 Å². The minimum absolute atomic E-state index is 0.758.